The number of esters is 1. The van der Waals surface area contributed by atoms with Gasteiger partial charge in [0, 0.05) is 31.5 Å². The Morgan fingerprint density at radius 1 is 1.27 bits per heavy atom. The van der Waals surface area contributed by atoms with Gasteiger partial charge in [-0.05, 0) is 37.8 Å². The molecule has 160 valence electrons. The zero-order valence-corrected chi connectivity index (χ0v) is 17.4. The molecule has 30 heavy (non-hydrogen) atoms. The highest BCUT2D eigenvalue weighted by Crippen LogP contribution is 2.20. The fourth-order valence-electron chi connectivity index (χ4n) is 3.44. The second-order valence-electron chi connectivity index (χ2n) is 7.39. The first-order valence-corrected chi connectivity index (χ1v) is 10.5. The van der Waals surface area contributed by atoms with E-state index in [9.17, 15) is 9.90 Å². The number of carbonyl (C=O) groups is 1. The van der Waals surface area contributed by atoms with Crippen LogP contribution in [0, 0.1) is 5.92 Å². The van der Waals surface area contributed by atoms with Gasteiger partial charge in [-0.1, -0.05) is 42.5 Å². The highest BCUT2D eigenvalue weighted by molar-refractivity contribution is 5.88. The first-order valence-electron chi connectivity index (χ1n) is 10.5. The molecule has 0 bridgehead atoms. The molecule has 0 spiro atoms. The van der Waals surface area contributed by atoms with Crippen molar-refractivity contribution in [3.63, 3.8) is 0 Å². The van der Waals surface area contributed by atoms with E-state index >= 15 is 0 Å². The molecule has 7 nitrogen and oxygen atoms in total. The summed E-state index contributed by atoms with van der Waals surface area (Å²) in [4.78, 5) is 22.5. The Morgan fingerprint density at radius 3 is 2.60 bits per heavy atom. The number of ether oxygens (including phenoxy) is 1. The molecule has 1 aliphatic rings. The predicted molar refractivity (Wildman–Crippen MR) is 117 cm³/mol. The number of aliphatic hydroxyl groups excluding tert-OH is 1. The van der Waals surface area contributed by atoms with Crippen molar-refractivity contribution in [2.75, 3.05) is 37.7 Å². The molecule has 1 aromatic carbocycles. The number of piperidine rings is 1. The molecular formula is C23H30N4O3. The van der Waals surface area contributed by atoms with E-state index < -0.39 is 5.97 Å². The van der Waals surface area contributed by atoms with Crippen molar-refractivity contribution in [3.8, 4) is 0 Å². The van der Waals surface area contributed by atoms with Crippen molar-refractivity contribution in [2.24, 2.45) is 5.92 Å². The summed E-state index contributed by atoms with van der Waals surface area (Å²) in [7, 11) is 0. The predicted octanol–water partition coefficient (Wildman–Crippen LogP) is 2.53. The summed E-state index contributed by atoms with van der Waals surface area (Å²) in [5.41, 5.74) is 1.50. The van der Waals surface area contributed by atoms with E-state index in [4.69, 9.17) is 4.74 Å². The zero-order valence-electron chi connectivity index (χ0n) is 17.4. The third-order valence-corrected chi connectivity index (χ3v) is 5.23. The Kier molecular flexibility index (Phi) is 8.35. The van der Waals surface area contributed by atoms with Crippen molar-refractivity contribution in [1.29, 1.82) is 0 Å². The molecule has 0 radical (unpaired) electrons. The topological polar surface area (TPSA) is 87.6 Å². The quantitative estimate of drug-likeness (QED) is 0.614. The molecule has 7 heteroatoms. The summed E-state index contributed by atoms with van der Waals surface area (Å²) in [5, 5.41) is 13.1. The normalized spacial score (nSPS) is 16.0. The molecule has 0 saturated carbocycles. The molecule has 1 aromatic heterocycles. The van der Waals surface area contributed by atoms with Crippen molar-refractivity contribution >= 4 is 18.0 Å². The monoisotopic (exact) mass is 410 g/mol. The van der Waals surface area contributed by atoms with E-state index in [1.54, 1.807) is 6.92 Å². The van der Waals surface area contributed by atoms with Crippen molar-refractivity contribution in [3.05, 3.63) is 59.9 Å². The Morgan fingerprint density at radius 2 is 1.97 bits per heavy atom. The van der Waals surface area contributed by atoms with Crippen LogP contribution in [0.5, 0.6) is 0 Å². The van der Waals surface area contributed by atoms with Crippen molar-refractivity contribution < 1.29 is 14.6 Å². The molecule has 2 heterocycles. The maximum atomic E-state index is 11.7. The van der Waals surface area contributed by atoms with Crippen LogP contribution in [-0.2, 0) is 4.74 Å². The van der Waals surface area contributed by atoms with Crippen LogP contribution in [0.4, 0.5) is 5.95 Å². The Labute approximate surface area is 177 Å². The summed E-state index contributed by atoms with van der Waals surface area (Å²) >= 11 is 0. The number of benzene rings is 1. The minimum Gasteiger partial charge on any atom is -0.462 e. The fourth-order valence-corrected chi connectivity index (χ4v) is 3.44. The van der Waals surface area contributed by atoms with Crippen LogP contribution in [0.3, 0.4) is 0 Å². The summed E-state index contributed by atoms with van der Waals surface area (Å²) < 4.78 is 4.96. The number of nitrogens with one attached hydrogen (secondary N) is 1. The SMILES string of the molecule is CCOC(=O)c1cnc(N2CCC(CNC(/C=C/c3ccccc3)CO)CC2)nc1. The van der Waals surface area contributed by atoms with Crippen molar-refractivity contribution in [1.82, 2.24) is 15.3 Å². The zero-order chi connectivity index (χ0) is 21.2. The average Bonchev–Trinajstić information content (AvgIpc) is 2.80. The Hall–Kier alpha value is -2.77. The first kappa shape index (κ1) is 21.9. The van der Waals surface area contributed by atoms with Gasteiger partial charge in [-0.2, -0.15) is 0 Å². The molecule has 0 aliphatic carbocycles. The van der Waals surface area contributed by atoms with Crippen LogP contribution < -0.4 is 10.2 Å². The number of carbonyl (C=O) groups excluding carboxylic acids is 1. The van der Waals surface area contributed by atoms with Crippen LogP contribution in [0.15, 0.2) is 48.8 Å². The molecule has 1 saturated heterocycles. The van der Waals surface area contributed by atoms with E-state index in [1.807, 2.05) is 42.5 Å². The van der Waals surface area contributed by atoms with Crippen LogP contribution in [-0.4, -0.2) is 59.9 Å². The summed E-state index contributed by atoms with van der Waals surface area (Å²) in [6.07, 6.45) is 9.15. The number of anilines is 1. The average molecular weight is 411 g/mol. The van der Waals surface area contributed by atoms with Gasteiger partial charge >= 0.3 is 5.97 Å². The van der Waals surface area contributed by atoms with E-state index in [2.05, 4.69) is 20.2 Å². The van der Waals surface area contributed by atoms with Crippen LogP contribution in [0.25, 0.3) is 6.08 Å². The lowest BCUT2D eigenvalue weighted by atomic mass is 9.96. The second kappa shape index (κ2) is 11.4. The molecule has 1 aliphatic heterocycles. The van der Waals surface area contributed by atoms with Crippen molar-refractivity contribution in [2.45, 2.75) is 25.8 Å². The molecule has 2 aromatic rings. The minimum atomic E-state index is -0.395. The molecule has 1 unspecified atom stereocenters. The second-order valence-corrected chi connectivity index (χ2v) is 7.39. The van der Waals surface area contributed by atoms with Crippen LogP contribution >= 0.6 is 0 Å². The third kappa shape index (κ3) is 6.37. The molecule has 2 N–H and O–H groups in total. The molecule has 1 atom stereocenters. The number of hydrogen-bond acceptors (Lipinski definition) is 7. The van der Waals surface area contributed by atoms with Gasteiger partial charge in [0.15, 0.2) is 0 Å². The molecule has 0 amide bonds. The molecule has 1 fully saturated rings. The summed E-state index contributed by atoms with van der Waals surface area (Å²) in [5.74, 6) is 0.793. The Bertz CT molecular complexity index is 803. The number of aromatic nitrogens is 2. The minimum absolute atomic E-state index is 0.0537. The number of nitrogens with zero attached hydrogens (tertiary/aromatic N) is 3. The smallest absolute Gasteiger partial charge is 0.341 e. The first-order chi connectivity index (χ1) is 14.7. The van der Waals surface area contributed by atoms with Gasteiger partial charge < -0.3 is 20.1 Å². The van der Waals surface area contributed by atoms with E-state index in [0.29, 0.717) is 24.0 Å². The molecular weight excluding hydrogens is 380 g/mol. The van der Waals surface area contributed by atoms with E-state index in [0.717, 1.165) is 38.0 Å². The van der Waals surface area contributed by atoms with Gasteiger partial charge in [0.25, 0.3) is 0 Å². The maximum Gasteiger partial charge on any atom is 0.341 e. The maximum absolute atomic E-state index is 11.7. The van der Waals surface area contributed by atoms with Gasteiger partial charge in [-0.25, -0.2) is 14.8 Å². The van der Waals surface area contributed by atoms with E-state index in [1.165, 1.54) is 12.4 Å². The summed E-state index contributed by atoms with van der Waals surface area (Å²) in [6, 6.07) is 10.0. The van der Waals surface area contributed by atoms with Gasteiger partial charge in [0.05, 0.1) is 18.8 Å². The molecule has 3 rings (SSSR count). The van der Waals surface area contributed by atoms with Crippen LogP contribution in [0.2, 0.25) is 0 Å². The highest BCUT2D eigenvalue weighted by atomic mass is 16.5. The summed E-state index contributed by atoms with van der Waals surface area (Å²) in [6.45, 7) is 4.78. The Balaban J connectivity index is 1.43. The van der Waals surface area contributed by atoms with Gasteiger partial charge in [-0.15, -0.1) is 0 Å². The van der Waals surface area contributed by atoms with E-state index in [-0.39, 0.29) is 12.6 Å². The van der Waals surface area contributed by atoms with Gasteiger partial charge in [0.2, 0.25) is 5.95 Å². The van der Waals surface area contributed by atoms with Gasteiger partial charge in [-0.3, -0.25) is 0 Å². The number of rotatable bonds is 9. The number of hydrogen-bond donors (Lipinski definition) is 2. The van der Waals surface area contributed by atoms with Gasteiger partial charge in [0.1, 0.15) is 0 Å². The lowest BCUT2D eigenvalue weighted by molar-refractivity contribution is 0.0525. The lowest BCUT2D eigenvalue weighted by Gasteiger charge is -2.32. The highest BCUT2D eigenvalue weighted by Gasteiger charge is 2.21. The third-order valence-electron chi connectivity index (χ3n) is 5.23. The standard InChI is InChI=1S/C23H30N4O3/c1-2-30-22(29)20-15-25-23(26-16-20)27-12-10-19(11-13-27)14-24-21(17-28)9-8-18-6-4-3-5-7-18/h3-9,15-16,19,21,24,28H,2,10-14,17H2,1H3/b9-8+. The van der Waals surface area contributed by atoms with Crippen LogP contribution in [0.1, 0.15) is 35.7 Å². The lowest BCUT2D eigenvalue weighted by Crippen LogP contribution is -2.41. The fraction of sp³-hybridized carbons (Fsp3) is 0.435. The number of aliphatic hydroxyl groups is 1. The largest absolute Gasteiger partial charge is 0.462 e.